The van der Waals surface area contributed by atoms with E-state index in [1.807, 2.05) is 72.9 Å². The molecule has 7 nitrogen and oxygen atoms in total. The summed E-state index contributed by atoms with van der Waals surface area (Å²) in [6.45, 7) is 6.60. The van der Waals surface area contributed by atoms with Gasteiger partial charge < -0.3 is 4.74 Å². The van der Waals surface area contributed by atoms with Crippen LogP contribution in [0.1, 0.15) is 31.9 Å². The van der Waals surface area contributed by atoms with Gasteiger partial charge >= 0.3 is 0 Å². The Bertz CT molecular complexity index is 2840. The highest BCUT2D eigenvalue weighted by atomic mass is 16.5. The maximum Gasteiger partial charge on any atom is 0.168 e. The van der Waals surface area contributed by atoms with Gasteiger partial charge in [-0.05, 0) is 76.7 Å². The molecular weight excluding hydrogens is 677 g/mol. The van der Waals surface area contributed by atoms with Gasteiger partial charge in [0, 0.05) is 39.7 Å². The van der Waals surface area contributed by atoms with E-state index >= 15 is 0 Å². The Balaban J connectivity index is 1.14. The van der Waals surface area contributed by atoms with E-state index in [4.69, 9.17) is 9.72 Å². The van der Waals surface area contributed by atoms with Crippen molar-refractivity contribution < 1.29 is 4.74 Å². The molecule has 3 aromatic heterocycles. The first-order chi connectivity index (χ1) is 26.9. The summed E-state index contributed by atoms with van der Waals surface area (Å²) < 4.78 is 10.8. The summed E-state index contributed by atoms with van der Waals surface area (Å²) in [5.41, 5.74) is 9.84. The molecule has 0 saturated carbocycles. The number of hydrogen-bond acceptors (Lipinski definition) is 5. The summed E-state index contributed by atoms with van der Waals surface area (Å²) in [5.74, 6) is 2.83. The first kappa shape index (κ1) is 33.5. The summed E-state index contributed by atoms with van der Waals surface area (Å²) in [4.78, 5) is 4.82. The fraction of sp³-hybridized carbons (Fsp3) is 0.0833. The molecule has 7 heteroatoms. The monoisotopic (exact) mass is 712 g/mol. The molecule has 3 heterocycles. The number of fused-ring (bicyclic) bond motifs is 3. The number of nitriles is 1. The number of hydrogen-bond donors (Lipinski definition) is 0. The van der Waals surface area contributed by atoms with Crippen LogP contribution in [0.25, 0.3) is 67.0 Å². The van der Waals surface area contributed by atoms with Gasteiger partial charge in [-0.1, -0.05) is 112 Å². The molecule has 0 fully saturated rings. The van der Waals surface area contributed by atoms with E-state index < -0.39 is 0 Å². The van der Waals surface area contributed by atoms with Gasteiger partial charge in [-0.25, -0.2) is 4.98 Å². The molecular formula is C48H36N6O. The van der Waals surface area contributed by atoms with Crippen molar-refractivity contribution in [2.45, 2.75) is 26.2 Å². The quantitative estimate of drug-likeness (QED) is 0.164. The van der Waals surface area contributed by atoms with Crippen molar-refractivity contribution in [2.24, 2.45) is 0 Å². The molecule has 9 aromatic rings. The number of rotatable bonds is 7. The number of ether oxygens (including phenoxy) is 1. The molecule has 55 heavy (non-hydrogen) atoms. The average Bonchev–Trinajstić information content (AvgIpc) is 3.84. The second-order valence-corrected chi connectivity index (χ2v) is 14.6. The normalized spacial score (nSPS) is 11.5. The molecule has 0 N–H and O–H groups in total. The van der Waals surface area contributed by atoms with E-state index in [0.717, 1.165) is 61.1 Å². The molecule has 0 saturated heterocycles. The van der Waals surface area contributed by atoms with Crippen LogP contribution in [0, 0.1) is 11.3 Å². The minimum atomic E-state index is -0.0549. The summed E-state index contributed by atoms with van der Waals surface area (Å²) in [7, 11) is 0. The predicted octanol–water partition coefficient (Wildman–Crippen LogP) is 11.7. The second-order valence-electron chi connectivity index (χ2n) is 14.6. The Morgan fingerprint density at radius 3 is 2.02 bits per heavy atom. The fourth-order valence-corrected chi connectivity index (χ4v) is 7.32. The van der Waals surface area contributed by atoms with Crippen molar-refractivity contribution in [3.8, 4) is 62.7 Å². The Labute approximate surface area is 319 Å². The van der Waals surface area contributed by atoms with Gasteiger partial charge in [-0.3, -0.25) is 9.13 Å². The van der Waals surface area contributed by atoms with Gasteiger partial charge in [-0.15, -0.1) is 10.2 Å². The molecule has 6 aromatic carbocycles. The third kappa shape index (κ3) is 6.20. The number of para-hydroxylation sites is 1. The van der Waals surface area contributed by atoms with Gasteiger partial charge in [0.05, 0.1) is 28.4 Å². The molecule has 0 amide bonds. The molecule has 0 aliphatic rings. The Morgan fingerprint density at radius 2 is 1.31 bits per heavy atom. The van der Waals surface area contributed by atoms with Crippen LogP contribution < -0.4 is 4.74 Å². The summed E-state index contributed by atoms with van der Waals surface area (Å²) in [6.07, 6.45) is 3.65. The highest BCUT2D eigenvalue weighted by Gasteiger charge is 2.21. The molecule has 0 aliphatic heterocycles. The lowest BCUT2D eigenvalue weighted by Gasteiger charge is -2.20. The number of nitrogens with zero attached hydrogens (tertiary/aromatic N) is 6. The van der Waals surface area contributed by atoms with Crippen molar-refractivity contribution in [2.75, 3.05) is 0 Å². The van der Waals surface area contributed by atoms with Crippen molar-refractivity contribution in [3.63, 3.8) is 0 Å². The topological polar surface area (TPSA) is 81.6 Å². The van der Waals surface area contributed by atoms with Crippen LogP contribution in [0.5, 0.6) is 11.5 Å². The Hall–Kier alpha value is -7.30. The van der Waals surface area contributed by atoms with Gasteiger partial charge in [0.25, 0.3) is 0 Å². The summed E-state index contributed by atoms with van der Waals surface area (Å²) in [6, 6.07) is 53.5. The molecule has 0 spiro atoms. The highest BCUT2D eigenvalue weighted by molar-refractivity contribution is 6.10. The molecule has 264 valence electrons. The average molecular weight is 713 g/mol. The zero-order valence-electron chi connectivity index (χ0n) is 30.7. The minimum Gasteiger partial charge on any atom is -0.457 e. The van der Waals surface area contributed by atoms with Gasteiger partial charge in [0.2, 0.25) is 0 Å². The van der Waals surface area contributed by atoms with Crippen molar-refractivity contribution >= 4 is 21.8 Å². The first-order valence-corrected chi connectivity index (χ1v) is 18.2. The van der Waals surface area contributed by atoms with E-state index in [0.29, 0.717) is 22.9 Å². The van der Waals surface area contributed by atoms with E-state index in [1.54, 1.807) is 6.33 Å². The van der Waals surface area contributed by atoms with E-state index in [-0.39, 0.29) is 5.41 Å². The molecule has 0 bridgehead atoms. The molecule has 0 unspecified atom stereocenters. The van der Waals surface area contributed by atoms with Crippen molar-refractivity contribution in [3.05, 3.63) is 175 Å². The van der Waals surface area contributed by atoms with E-state index in [9.17, 15) is 5.26 Å². The van der Waals surface area contributed by atoms with Crippen LogP contribution in [0.4, 0.5) is 0 Å². The highest BCUT2D eigenvalue weighted by Crippen LogP contribution is 2.39. The number of aromatic nitrogens is 5. The van der Waals surface area contributed by atoms with Crippen molar-refractivity contribution in [1.82, 2.24) is 24.3 Å². The molecule has 9 rings (SSSR count). The standard InChI is InChI=1S/C48H36N6O/c1-48(2,3)36-24-25-50-45(28-36)54-43-23-20-32(30-49)26-42(43)41-22-21-38(29-44(41)54)55-37-17-10-16-35(27-37)47-52-51-31-53(47)46-39(33-12-6-4-7-13-33)18-11-19-40(46)34-14-8-5-9-15-34/h4-29,31H,1-3H3. The second kappa shape index (κ2) is 13.6. The van der Waals surface area contributed by atoms with Gasteiger partial charge in [0.15, 0.2) is 5.82 Å². The largest absolute Gasteiger partial charge is 0.457 e. The third-order valence-corrected chi connectivity index (χ3v) is 10.0. The number of pyridine rings is 1. The Kier molecular flexibility index (Phi) is 8.29. The maximum absolute atomic E-state index is 9.73. The zero-order valence-corrected chi connectivity index (χ0v) is 30.7. The van der Waals surface area contributed by atoms with E-state index in [2.05, 4.69) is 131 Å². The first-order valence-electron chi connectivity index (χ1n) is 18.2. The van der Waals surface area contributed by atoms with Crippen molar-refractivity contribution in [1.29, 1.82) is 5.26 Å². The van der Waals surface area contributed by atoms with Gasteiger partial charge in [0.1, 0.15) is 23.6 Å². The lowest BCUT2D eigenvalue weighted by Crippen LogP contribution is -2.12. The van der Waals surface area contributed by atoms with Crippen LogP contribution in [0.2, 0.25) is 0 Å². The lowest BCUT2D eigenvalue weighted by atomic mass is 9.88. The van der Waals surface area contributed by atoms with Gasteiger partial charge in [-0.2, -0.15) is 5.26 Å². The van der Waals surface area contributed by atoms with Crippen LogP contribution in [-0.2, 0) is 5.41 Å². The minimum absolute atomic E-state index is 0.0549. The van der Waals surface area contributed by atoms with Crippen LogP contribution in [0.3, 0.4) is 0 Å². The zero-order chi connectivity index (χ0) is 37.5. The van der Waals surface area contributed by atoms with Crippen LogP contribution in [0.15, 0.2) is 164 Å². The molecule has 0 aliphatic carbocycles. The maximum atomic E-state index is 9.73. The van der Waals surface area contributed by atoms with E-state index in [1.165, 1.54) is 5.56 Å². The summed E-state index contributed by atoms with van der Waals surface area (Å²) in [5, 5.41) is 20.8. The lowest BCUT2D eigenvalue weighted by molar-refractivity contribution is 0.483. The fourth-order valence-electron chi connectivity index (χ4n) is 7.32. The Morgan fingerprint density at radius 1 is 0.618 bits per heavy atom. The number of benzene rings is 6. The van der Waals surface area contributed by atoms with Crippen LogP contribution in [-0.4, -0.2) is 24.3 Å². The molecule has 0 radical (unpaired) electrons. The summed E-state index contributed by atoms with van der Waals surface area (Å²) >= 11 is 0. The molecule has 0 atom stereocenters. The third-order valence-electron chi connectivity index (χ3n) is 10.0. The predicted molar refractivity (Wildman–Crippen MR) is 220 cm³/mol. The smallest absolute Gasteiger partial charge is 0.168 e. The van der Waals surface area contributed by atoms with Crippen LogP contribution >= 0.6 is 0 Å². The SMILES string of the molecule is CC(C)(C)c1ccnc(-n2c3ccc(C#N)cc3c3ccc(Oc4cccc(-c5nncn5-c5c(-c6ccccc6)cccc5-c5ccccc5)c4)cc32)c1.